The summed E-state index contributed by atoms with van der Waals surface area (Å²) in [4.78, 5) is 10.4. The molecule has 1 aromatic carbocycles. The normalized spacial score (nSPS) is 29.8. The Morgan fingerprint density at radius 1 is 1.41 bits per heavy atom. The monoisotopic (exact) mass is 237 g/mol. The first-order chi connectivity index (χ1) is 8.16. The van der Waals surface area contributed by atoms with Crippen LogP contribution in [0.3, 0.4) is 0 Å². The minimum atomic E-state index is -1.19. The van der Waals surface area contributed by atoms with Gasteiger partial charge in [0, 0.05) is 5.69 Å². The topological polar surface area (TPSA) is 58.6 Å². The van der Waals surface area contributed by atoms with E-state index in [1.807, 2.05) is 0 Å². The van der Waals surface area contributed by atoms with Gasteiger partial charge in [-0.1, -0.05) is 6.07 Å². The van der Waals surface area contributed by atoms with Crippen LogP contribution < -0.4 is 5.32 Å². The first-order valence-electron chi connectivity index (χ1n) is 5.54. The lowest BCUT2D eigenvalue weighted by atomic mass is 10.1. The zero-order chi connectivity index (χ0) is 12.0. The molecule has 1 heterocycles. The molecule has 0 bridgehead atoms. The molecule has 1 amide bonds. The Labute approximate surface area is 97.4 Å². The second-order valence-corrected chi connectivity index (χ2v) is 4.56. The molecule has 90 valence electrons. The van der Waals surface area contributed by atoms with Crippen LogP contribution in [0.25, 0.3) is 0 Å². The van der Waals surface area contributed by atoms with Gasteiger partial charge in [0.05, 0.1) is 13.2 Å². The van der Waals surface area contributed by atoms with Gasteiger partial charge in [-0.25, -0.2) is 9.18 Å². The average molecular weight is 237 g/mol. The number of benzene rings is 1. The summed E-state index contributed by atoms with van der Waals surface area (Å²) < 4.78 is 19.1. The maximum absolute atomic E-state index is 13.8. The number of carboxylic acid groups (broad SMARTS) is 1. The molecule has 2 unspecified atom stereocenters. The van der Waals surface area contributed by atoms with Gasteiger partial charge < -0.3 is 9.84 Å². The lowest BCUT2D eigenvalue weighted by Gasteiger charge is -2.08. The molecule has 17 heavy (non-hydrogen) atoms. The van der Waals surface area contributed by atoms with Crippen molar-refractivity contribution in [1.29, 1.82) is 0 Å². The van der Waals surface area contributed by atoms with Gasteiger partial charge >= 0.3 is 6.09 Å². The second-order valence-electron chi connectivity index (χ2n) is 4.56. The number of hydrogen-bond acceptors (Lipinski definition) is 2. The Balaban J connectivity index is 1.80. The third kappa shape index (κ3) is 1.76. The number of anilines is 1. The van der Waals surface area contributed by atoms with Gasteiger partial charge in [0.2, 0.25) is 0 Å². The Kier molecular flexibility index (Phi) is 2.29. The van der Waals surface area contributed by atoms with Crippen LogP contribution in [0.1, 0.15) is 11.5 Å². The fourth-order valence-corrected chi connectivity index (χ4v) is 2.70. The lowest BCUT2D eigenvalue weighted by molar-refractivity contribution is 0.160. The van der Waals surface area contributed by atoms with E-state index in [-0.39, 0.29) is 17.4 Å². The van der Waals surface area contributed by atoms with Gasteiger partial charge in [-0.3, -0.25) is 5.32 Å². The largest absolute Gasteiger partial charge is 0.465 e. The highest BCUT2D eigenvalue weighted by molar-refractivity contribution is 5.82. The third-order valence-corrected chi connectivity index (χ3v) is 3.56. The summed E-state index contributed by atoms with van der Waals surface area (Å²) in [5.41, 5.74) is 0.944. The third-order valence-electron chi connectivity index (χ3n) is 3.56. The van der Waals surface area contributed by atoms with Crippen molar-refractivity contribution in [2.75, 3.05) is 18.5 Å². The minimum absolute atomic E-state index is 0.252. The van der Waals surface area contributed by atoms with Crippen molar-refractivity contribution in [1.82, 2.24) is 0 Å². The molecule has 1 aromatic rings. The highest BCUT2D eigenvalue weighted by atomic mass is 19.1. The fraction of sp³-hybridized carbons (Fsp3) is 0.417. The number of carbonyl (C=O) groups is 1. The van der Waals surface area contributed by atoms with Crippen LogP contribution in [0, 0.1) is 17.7 Å². The number of hydrogen-bond donors (Lipinski definition) is 2. The van der Waals surface area contributed by atoms with Crippen molar-refractivity contribution in [2.24, 2.45) is 11.8 Å². The van der Waals surface area contributed by atoms with Crippen LogP contribution >= 0.6 is 0 Å². The van der Waals surface area contributed by atoms with Crippen LogP contribution in [0.2, 0.25) is 0 Å². The summed E-state index contributed by atoms with van der Waals surface area (Å²) >= 11 is 0. The smallest absolute Gasteiger partial charge is 0.409 e. The molecule has 5 heteroatoms. The van der Waals surface area contributed by atoms with Gasteiger partial charge in [0.25, 0.3) is 0 Å². The van der Waals surface area contributed by atoms with Gasteiger partial charge in [-0.15, -0.1) is 0 Å². The zero-order valence-corrected chi connectivity index (χ0v) is 9.02. The maximum atomic E-state index is 13.8. The predicted molar refractivity (Wildman–Crippen MR) is 58.6 cm³/mol. The molecular formula is C12H12FNO3. The van der Waals surface area contributed by atoms with E-state index in [0.717, 1.165) is 0 Å². The zero-order valence-electron chi connectivity index (χ0n) is 9.02. The fourth-order valence-electron chi connectivity index (χ4n) is 2.70. The van der Waals surface area contributed by atoms with Gasteiger partial charge in [0.15, 0.2) is 0 Å². The molecule has 2 atom stereocenters. The SMILES string of the molecule is O=C(O)Nc1ccc(C2C3COCC32)c(F)c1. The summed E-state index contributed by atoms with van der Waals surface area (Å²) in [5.74, 6) is 0.809. The molecule has 1 saturated heterocycles. The van der Waals surface area contributed by atoms with Crippen LogP contribution in [0.15, 0.2) is 18.2 Å². The van der Waals surface area contributed by atoms with Gasteiger partial charge in [-0.2, -0.15) is 0 Å². The van der Waals surface area contributed by atoms with Crippen LogP contribution in [-0.2, 0) is 4.74 Å². The lowest BCUT2D eigenvalue weighted by Crippen LogP contribution is -2.08. The standard InChI is InChI=1S/C12H12FNO3/c13-10-3-6(14-12(15)16)1-2-7(10)11-8-4-17-5-9(8)11/h1-3,8-9,11,14H,4-5H2,(H,15,16). The number of halogens is 1. The molecule has 2 aliphatic rings. The van der Waals surface area contributed by atoms with E-state index >= 15 is 0 Å². The van der Waals surface area contributed by atoms with Crippen molar-refractivity contribution < 1.29 is 19.0 Å². The van der Waals surface area contributed by atoms with Crippen molar-refractivity contribution in [3.05, 3.63) is 29.6 Å². The summed E-state index contributed by atoms with van der Waals surface area (Å²) in [7, 11) is 0. The maximum Gasteiger partial charge on any atom is 0.409 e. The molecule has 2 N–H and O–H groups in total. The first-order valence-corrected chi connectivity index (χ1v) is 5.54. The van der Waals surface area contributed by atoms with Crippen molar-refractivity contribution in [2.45, 2.75) is 5.92 Å². The number of ether oxygens (including phenoxy) is 1. The minimum Gasteiger partial charge on any atom is -0.465 e. The molecule has 0 spiro atoms. The molecular weight excluding hydrogens is 225 g/mol. The van der Waals surface area contributed by atoms with Gasteiger partial charge in [-0.05, 0) is 35.4 Å². The van der Waals surface area contributed by atoms with Crippen molar-refractivity contribution in [3.63, 3.8) is 0 Å². The molecule has 1 aliphatic heterocycles. The molecule has 1 aliphatic carbocycles. The molecule has 0 aromatic heterocycles. The average Bonchev–Trinajstić information content (AvgIpc) is 2.72. The molecule has 4 nitrogen and oxygen atoms in total. The Morgan fingerprint density at radius 3 is 2.71 bits per heavy atom. The Bertz CT molecular complexity index is 467. The summed E-state index contributed by atoms with van der Waals surface area (Å²) in [6.45, 7) is 1.42. The summed E-state index contributed by atoms with van der Waals surface area (Å²) in [6.07, 6.45) is -1.19. The summed E-state index contributed by atoms with van der Waals surface area (Å²) in [5, 5.41) is 10.7. The molecule has 1 saturated carbocycles. The highest BCUT2D eigenvalue weighted by Gasteiger charge is 2.55. The van der Waals surface area contributed by atoms with Crippen LogP contribution in [-0.4, -0.2) is 24.4 Å². The quantitative estimate of drug-likeness (QED) is 0.829. The van der Waals surface area contributed by atoms with E-state index in [9.17, 15) is 9.18 Å². The molecule has 2 fully saturated rings. The Hall–Kier alpha value is -1.62. The Morgan fingerprint density at radius 2 is 2.12 bits per heavy atom. The van der Waals surface area contributed by atoms with E-state index in [1.54, 1.807) is 12.1 Å². The number of rotatable bonds is 2. The van der Waals surface area contributed by atoms with E-state index in [0.29, 0.717) is 30.6 Å². The highest BCUT2D eigenvalue weighted by Crippen LogP contribution is 2.57. The van der Waals surface area contributed by atoms with Gasteiger partial charge in [0.1, 0.15) is 5.82 Å². The number of nitrogens with one attached hydrogen (secondary N) is 1. The van der Waals surface area contributed by atoms with Crippen molar-refractivity contribution in [3.8, 4) is 0 Å². The molecule has 3 rings (SSSR count). The van der Waals surface area contributed by atoms with Crippen molar-refractivity contribution >= 4 is 11.8 Å². The van der Waals surface area contributed by atoms with E-state index in [2.05, 4.69) is 5.32 Å². The van der Waals surface area contributed by atoms with Crippen LogP contribution in [0.4, 0.5) is 14.9 Å². The molecule has 0 radical (unpaired) electrons. The summed E-state index contributed by atoms with van der Waals surface area (Å²) in [6, 6.07) is 4.50. The number of fused-ring (bicyclic) bond motifs is 1. The van der Waals surface area contributed by atoms with E-state index < -0.39 is 6.09 Å². The predicted octanol–water partition coefficient (Wildman–Crippen LogP) is 2.28. The van der Waals surface area contributed by atoms with E-state index in [1.165, 1.54) is 6.07 Å². The van der Waals surface area contributed by atoms with E-state index in [4.69, 9.17) is 9.84 Å². The number of amides is 1. The van der Waals surface area contributed by atoms with Crippen LogP contribution in [0.5, 0.6) is 0 Å². The first kappa shape index (κ1) is 10.5. The second kappa shape index (κ2) is 3.70.